The molecule has 0 radical (unpaired) electrons. The van der Waals surface area contributed by atoms with Crippen LogP contribution < -0.4 is 10.6 Å². The fourth-order valence-electron chi connectivity index (χ4n) is 2.59. The Hall–Kier alpha value is -1.39. The summed E-state index contributed by atoms with van der Waals surface area (Å²) in [4.78, 5) is 13.6. The topological polar surface area (TPSA) is 44.4 Å². The van der Waals surface area contributed by atoms with Crippen molar-refractivity contribution in [2.75, 3.05) is 20.6 Å². The van der Waals surface area contributed by atoms with E-state index in [-0.39, 0.29) is 18.0 Å². The highest BCUT2D eigenvalue weighted by Gasteiger charge is 2.23. The van der Waals surface area contributed by atoms with Crippen LogP contribution in [-0.4, -0.2) is 37.5 Å². The number of hydrogen-bond acceptors (Lipinski definition) is 3. The molecule has 1 heterocycles. The van der Waals surface area contributed by atoms with Crippen LogP contribution in [0.5, 0.6) is 0 Å². The second-order valence-electron chi connectivity index (χ2n) is 5.34. The van der Waals surface area contributed by atoms with Gasteiger partial charge in [-0.25, -0.2) is 0 Å². The van der Waals surface area contributed by atoms with Crippen molar-refractivity contribution in [3.8, 4) is 0 Å². The molecule has 0 spiro atoms. The van der Waals surface area contributed by atoms with E-state index in [0.29, 0.717) is 0 Å². The lowest BCUT2D eigenvalue weighted by Crippen LogP contribution is -2.43. The third-order valence-electron chi connectivity index (χ3n) is 3.62. The van der Waals surface area contributed by atoms with Gasteiger partial charge in [0.05, 0.1) is 6.04 Å². The number of rotatable bonds is 3. The van der Waals surface area contributed by atoms with E-state index < -0.39 is 0 Å². The quantitative estimate of drug-likeness (QED) is 0.861. The molecule has 0 bridgehead atoms. The number of benzene rings is 1. The van der Waals surface area contributed by atoms with E-state index in [4.69, 9.17) is 0 Å². The molecule has 1 aromatic rings. The number of nitrogens with one attached hydrogen (secondary N) is 2. The Labute approximate surface area is 115 Å². The zero-order valence-corrected chi connectivity index (χ0v) is 11.9. The van der Waals surface area contributed by atoms with Gasteiger partial charge in [0.1, 0.15) is 0 Å². The van der Waals surface area contributed by atoms with E-state index in [1.807, 2.05) is 6.92 Å². The summed E-state index contributed by atoms with van der Waals surface area (Å²) in [5.74, 6) is 0.120. The summed E-state index contributed by atoms with van der Waals surface area (Å²) in [6, 6.07) is 8.53. The van der Waals surface area contributed by atoms with Crippen molar-refractivity contribution < 1.29 is 4.79 Å². The van der Waals surface area contributed by atoms with Gasteiger partial charge in [0.15, 0.2) is 0 Å². The predicted molar refractivity (Wildman–Crippen MR) is 76.8 cm³/mol. The monoisotopic (exact) mass is 261 g/mol. The Balaban J connectivity index is 2.14. The number of amides is 1. The lowest BCUT2D eigenvalue weighted by Gasteiger charge is -2.25. The summed E-state index contributed by atoms with van der Waals surface area (Å²) >= 11 is 0. The van der Waals surface area contributed by atoms with E-state index in [1.165, 1.54) is 11.1 Å². The van der Waals surface area contributed by atoms with Crippen LogP contribution in [0.15, 0.2) is 24.3 Å². The molecule has 19 heavy (non-hydrogen) atoms. The number of carbonyl (C=O) groups is 1. The summed E-state index contributed by atoms with van der Waals surface area (Å²) in [5.41, 5.74) is 2.63. The molecule has 2 rings (SSSR count). The van der Waals surface area contributed by atoms with Gasteiger partial charge in [0.25, 0.3) is 0 Å². The molecule has 2 atom stereocenters. The first-order chi connectivity index (χ1) is 9.09. The predicted octanol–water partition coefficient (Wildman–Crippen LogP) is 1.29. The van der Waals surface area contributed by atoms with Crippen LogP contribution in [0.1, 0.15) is 30.5 Å². The standard InChI is InChI=1S/C15H23N3O/c1-11(15(19)18(2)3)17-14-8-9-16-10-12-6-4-5-7-13(12)14/h4-7,11,14,16-17H,8-10H2,1-3H3. The van der Waals surface area contributed by atoms with Crippen molar-refractivity contribution in [2.45, 2.75) is 32.0 Å². The van der Waals surface area contributed by atoms with Crippen molar-refractivity contribution >= 4 is 5.91 Å². The minimum absolute atomic E-state index is 0.120. The molecule has 2 unspecified atom stereocenters. The minimum Gasteiger partial charge on any atom is -0.347 e. The van der Waals surface area contributed by atoms with Gasteiger partial charge in [0.2, 0.25) is 5.91 Å². The number of nitrogens with zero attached hydrogens (tertiary/aromatic N) is 1. The van der Waals surface area contributed by atoms with Crippen LogP contribution in [0.4, 0.5) is 0 Å². The number of carbonyl (C=O) groups excluding carboxylic acids is 1. The van der Waals surface area contributed by atoms with Gasteiger partial charge >= 0.3 is 0 Å². The Morgan fingerprint density at radius 3 is 2.89 bits per heavy atom. The van der Waals surface area contributed by atoms with Gasteiger partial charge in [-0.1, -0.05) is 24.3 Å². The van der Waals surface area contributed by atoms with Gasteiger partial charge < -0.3 is 10.2 Å². The first-order valence-electron chi connectivity index (χ1n) is 6.85. The molecule has 1 aliphatic heterocycles. The van der Waals surface area contributed by atoms with Crippen molar-refractivity contribution in [2.24, 2.45) is 0 Å². The minimum atomic E-state index is -0.161. The maximum Gasteiger partial charge on any atom is 0.238 e. The Morgan fingerprint density at radius 2 is 2.16 bits per heavy atom. The summed E-state index contributed by atoms with van der Waals surface area (Å²) in [5, 5.41) is 6.89. The first-order valence-corrected chi connectivity index (χ1v) is 6.85. The Kier molecular flexibility index (Phi) is 4.56. The smallest absolute Gasteiger partial charge is 0.238 e. The molecule has 0 aliphatic carbocycles. The van der Waals surface area contributed by atoms with Crippen LogP contribution in [0.2, 0.25) is 0 Å². The second kappa shape index (κ2) is 6.17. The highest BCUT2D eigenvalue weighted by atomic mass is 16.2. The maximum atomic E-state index is 12.0. The van der Waals surface area contributed by atoms with Crippen LogP contribution in [0, 0.1) is 0 Å². The van der Waals surface area contributed by atoms with Crippen LogP contribution >= 0.6 is 0 Å². The molecule has 0 fully saturated rings. The molecule has 2 N–H and O–H groups in total. The molecule has 0 saturated carbocycles. The number of fused-ring (bicyclic) bond motifs is 1. The van der Waals surface area contributed by atoms with E-state index in [2.05, 4.69) is 34.9 Å². The molecule has 1 aliphatic rings. The van der Waals surface area contributed by atoms with E-state index >= 15 is 0 Å². The first kappa shape index (κ1) is 14.0. The van der Waals surface area contributed by atoms with Gasteiger partial charge in [-0.2, -0.15) is 0 Å². The molecule has 0 aromatic heterocycles. The van der Waals surface area contributed by atoms with Crippen molar-refractivity contribution in [1.82, 2.24) is 15.5 Å². The molecular weight excluding hydrogens is 238 g/mol. The largest absolute Gasteiger partial charge is 0.347 e. The fourth-order valence-corrected chi connectivity index (χ4v) is 2.59. The highest BCUT2D eigenvalue weighted by molar-refractivity contribution is 5.81. The zero-order valence-electron chi connectivity index (χ0n) is 11.9. The molecular formula is C15H23N3O. The second-order valence-corrected chi connectivity index (χ2v) is 5.34. The summed E-state index contributed by atoms with van der Waals surface area (Å²) in [6.07, 6.45) is 1.00. The van der Waals surface area contributed by atoms with Gasteiger partial charge in [0, 0.05) is 26.7 Å². The zero-order chi connectivity index (χ0) is 13.8. The van der Waals surface area contributed by atoms with Crippen molar-refractivity contribution in [3.05, 3.63) is 35.4 Å². The molecule has 104 valence electrons. The average Bonchev–Trinajstić information content (AvgIpc) is 2.60. The normalized spacial score (nSPS) is 20.3. The Morgan fingerprint density at radius 1 is 1.42 bits per heavy atom. The van der Waals surface area contributed by atoms with E-state index in [1.54, 1.807) is 19.0 Å². The van der Waals surface area contributed by atoms with Crippen LogP contribution in [0.3, 0.4) is 0 Å². The average molecular weight is 261 g/mol. The molecule has 0 saturated heterocycles. The van der Waals surface area contributed by atoms with E-state index in [0.717, 1.165) is 19.5 Å². The van der Waals surface area contributed by atoms with Gasteiger partial charge in [-0.15, -0.1) is 0 Å². The Bertz CT molecular complexity index is 445. The fraction of sp³-hybridized carbons (Fsp3) is 0.533. The molecule has 4 heteroatoms. The van der Waals surface area contributed by atoms with Crippen molar-refractivity contribution in [1.29, 1.82) is 0 Å². The van der Waals surface area contributed by atoms with Crippen LogP contribution in [0.25, 0.3) is 0 Å². The number of hydrogen-bond donors (Lipinski definition) is 2. The molecule has 4 nitrogen and oxygen atoms in total. The summed E-state index contributed by atoms with van der Waals surface area (Å²) in [6.45, 7) is 3.81. The molecule has 1 amide bonds. The highest BCUT2D eigenvalue weighted by Crippen LogP contribution is 2.23. The van der Waals surface area contributed by atoms with Crippen molar-refractivity contribution in [3.63, 3.8) is 0 Å². The van der Waals surface area contributed by atoms with Gasteiger partial charge in [-0.3, -0.25) is 10.1 Å². The third kappa shape index (κ3) is 3.33. The molecule has 1 aromatic carbocycles. The van der Waals surface area contributed by atoms with E-state index in [9.17, 15) is 4.79 Å². The summed E-state index contributed by atoms with van der Waals surface area (Å²) in [7, 11) is 3.59. The van der Waals surface area contributed by atoms with Crippen LogP contribution in [-0.2, 0) is 11.3 Å². The SMILES string of the molecule is CC(NC1CCNCc2ccccc21)C(=O)N(C)C. The maximum absolute atomic E-state index is 12.0. The van der Waals surface area contributed by atoms with Gasteiger partial charge in [-0.05, 0) is 31.0 Å². The lowest BCUT2D eigenvalue weighted by atomic mass is 9.98. The summed E-state index contributed by atoms with van der Waals surface area (Å²) < 4.78 is 0. The number of likely N-dealkylation sites (N-methyl/N-ethyl adjacent to an activating group) is 1. The lowest BCUT2D eigenvalue weighted by molar-refractivity contribution is -0.130. The third-order valence-corrected chi connectivity index (χ3v) is 3.62.